The van der Waals surface area contributed by atoms with E-state index < -0.39 is 10.0 Å². The van der Waals surface area contributed by atoms with E-state index in [-0.39, 0.29) is 18.4 Å². The maximum Gasteiger partial charge on any atom is 0.214 e. The maximum atomic E-state index is 12.3. The SMILES string of the molecule is Cl.NC1CCCC2CN(S(=O)(=O)CCC3CC3)CC12. The lowest BCUT2D eigenvalue weighted by molar-refractivity contribution is 0.260. The van der Waals surface area contributed by atoms with E-state index in [4.69, 9.17) is 5.73 Å². The minimum Gasteiger partial charge on any atom is -0.327 e. The van der Waals surface area contributed by atoms with Gasteiger partial charge in [0.2, 0.25) is 10.0 Å². The lowest BCUT2D eigenvalue weighted by Gasteiger charge is -2.29. The summed E-state index contributed by atoms with van der Waals surface area (Å²) in [5.74, 6) is 1.97. The van der Waals surface area contributed by atoms with E-state index >= 15 is 0 Å². The fourth-order valence-corrected chi connectivity index (χ4v) is 5.26. The first-order valence-electron chi connectivity index (χ1n) is 7.29. The van der Waals surface area contributed by atoms with Crippen molar-refractivity contribution >= 4 is 22.4 Å². The highest BCUT2D eigenvalue weighted by atomic mass is 35.5. The number of halogens is 1. The Kier molecular flexibility index (Phi) is 4.81. The highest BCUT2D eigenvalue weighted by molar-refractivity contribution is 7.89. The molecule has 0 aromatic rings. The number of nitrogens with two attached hydrogens (primary N) is 1. The van der Waals surface area contributed by atoms with E-state index in [2.05, 4.69) is 0 Å². The Morgan fingerprint density at radius 3 is 2.47 bits per heavy atom. The number of rotatable bonds is 4. The molecule has 2 aliphatic carbocycles. The van der Waals surface area contributed by atoms with Gasteiger partial charge in [-0.2, -0.15) is 0 Å². The van der Waals surface area contributed by atoms with Crippen LogP contribution in [0.4, 0.5) is 0 Å². The molecule has 1 heterocycles. The average Bonchev–Trinajstić information content (AvgIpc) is 3.04. The number of hydrogen-bond donors (Lipinski definition) is 1. The molecule has 0 radical (unpaired) electrons. The highest BCUT2D eigenvalue weighted by Crippen LogP contribution is 2.38. The van der Waals surface area contributed by atoms with Gasteiger partial charge in [-0.3, -0.25) is 0 Å². The normalized spacial score (nSPS) is 35.7. The molecule has 3 aliphatic rings. The summed E-state index contributed by atoms with van der Waals surface area (Å²) in [6, 6.07) is 0.215. The first-order chi connectivity index (χ1) is 8.56. The van der Waals surface area contributed by atoms with E-state index in [9.17, 15) is 8.42 Å². The van der Waals surface area contributed by atoms with Gasteiger partial charge >= 0.3 is 0 Å². The zero-order valence-electron chi connectivity index (χ0n) is 11.3. The monoisotopic (exact) mass is 308 g/mol. The lowest BCUT2D eigenvalue weighted by atomic mass is 9.78. The summed E-state index contributed by atoms with van der Waals surface area (Å²) in [6.07, 6.45) is 6.71. The molecule has 0 aromatic heterocycles. The van der Waals surface area contributed by atoms with E-state index in [0.717, 1.165) is 32.2 Å². The smallest absolute Gasteiger partial charge is 0.214 e. The van der Waals surface area contributed by atoms with Crippen molar-refractivity contribution in [3.8, 4) is 0 Å². The van der Waals surface area contributed by atoms with Crippen molar-refractivity contribution in [2.75, 3.05) is 18.8 Å². The van der Waals surface area contributed by atoms with E-state index in [1.165, 1.54) is 12.8 Å². The fraction of sp³-hybridized carbons (Fsp3) is 1.00. The molecule has 3 atom stereocenters. The zero-order valence-corrected chi connectivity index (χ0v) is 13.0. The summed E-state index contributed by atoms with van der Waals surface area (Å²) in [5.41, 5.74) is 6.14. The van der Waals surface area contributed by atoms with Crippen molar-refractivity contribution in [2.24, 2.45) is 23.5 Å². The summed E-state index contributed by atoms with van der Waals surface area (Å²) >= 11 is 0. The molecule has 0 bridgehead atoms. The first kappa shape index (κ1) is 15.5. The number of hydrogen-bond acceptors (Lipinski definition) is 3. The molecule has 0 spiro atoms. The second-order valence-corrected chi connectivity index (χ2v) is 8.47. The van der Waals surface area contributed by atoms with Crippen molar-refractivity contribution < 1.29 is 8.42 Å². The van der Waals surface area contributed by atoms with Crippen molar-refractivity contribution in [3.63, 3.8) is 0 Å². The summed E-state index contributed by atoms with van der Waals surface area (Å²) in [7, 11) is -3.02. The van der Waals surface area contributed by atoms with Crippen LogP contribution >= 0.6 is 12.4 Å². The molecule has 2 saturated carbocycles. The zero-order chi connectivity index (χ0) is 12.8. The average molecular weight is 309 g/mol. The Hall–Kier alpha value is 0.160. The van der Waals surface area contributed by atoms with Crippen LogP contribution in [0.1, 0.15) is 38.5 Å². The van der Waals surface area contributed by atoms with E-state index in [1.54, 1.807) is 4.31 Å². The lowest BCUT2D eigenvalue weighted by Crippen LogP contribution is -2.38. The van der Waals surface area contributed by atoms with Crippen LogP contribution < -0.4 is 5.73 Å². The molecule has 0 amide bonds. The molecule has 6 heteroatoms. The van der Waals surface area contributed by atoms with Gasteiger partial charge in [-0.05, 0) is 37.0 Å². The van der Waals surface area contributed by atoms with E-state index in [1.807, 2.05) is 0 Å². The van der Waals surface area contributed by atoms with Gasteiger partial charge in [0.25, 0.3) is 0 Å². The molecule has 4 nitrogen and oxygen atoms in total. The quantitative estimate of drug-likeness (QED) is 0.858. The third kappa shape index (κ3) is 3.43. The maximum absolute atomic E-state index is 12.3. The van der Waals surface area contributed by atoms with Crippen molar-refractivity contribution in [1.82, 2.24) is 4.31 Å². The predicted molar refractivity (Wildman–Crippen MR) is 78.8 cm³/mol. The summed E-state index contributed by atoms with van der Waals surface area (Å²) in [4.78, 5) is 0. The van der Waals surface area contributed by atoms with Crippen LogP contribution in [-0.2, 0) is 10.0 Å². The Morgan fingerprint density at radius 2 is 1.84 bits per heavy atom. The van der Waals surface area contributed by atoms with Crippen molar-refractivity contribution in [1.29, 1.82) is 0 Å². The van der Waals surface area contributed by atoms with Gasteiger partial charge in [-0.15, -0.1) is 12.4 Å². The van der Waals surface area contributed by atoms with Gasteiger partial charge in [-0.1, -0.05) is 19.3 Å². The van der Waals surface area contributed by atoms with Crippen molar-refractivity contribution in [2.45, 2.75) is 44.6 Å². The molecule has 1 aliphatic heterocycles. The molecule has 112 valence electrons. The van der Waals surface area contributed by atoms with E-state index in [0.29, 0.717) is 30.1 Å². The van der Waals surface area contributed by atoms with Crippen molar-refractivity contribution in [3.05, 3.63) is 0 Å². The molecule has 3 rings (SSSR count). The van der Waals surface area contributed by atoms with Crippen LogP contribution in [0.5, 0.6) is 0 Å². The Morgan fingerprint density at radius 1 is 1.11 bits per heavy atom. The van der Waals surface area contributed by atoms with Gasteiger partial charge in [-0.25, -0.2) is 12.7 Å². The molecule has 1 saturated heterocycles. The number of sulfonamides is 1. The standard InChI is InChI=1S/C13H24N2O2S.ClH/c14-13-3-1-2-11-8-15(9-12(11)13)18(16,17)7-6-10-4-5-10;/h10-13H,1-9,14H2;1H. The summed E-state index contributed by atoms with van der Waals surface area (Å²) in [6.45, 7) is 1.41. The van der Waals surface area contributed by atoms with Crippen LogP contribution in [0.15, 0.2) is 0 Å². The Bertz CT molecular complexity index is 411. The predicted octanol–water partition coefficient (Wildman–Crippen LogP) is 1.60. The Balaban J connectivity index is 0.00000133. The molecular weight excluding hydrogens is 284 g/mol. The second-order valence-electron chi connectivity index (χ2n) is 6.38. The summed E-state index contributed by atoms with van der Waals surface area (Å²) in [5, 5.41) is 0. The van der Waals surface area contributed by atoms with Crippen LogP contribution in [0.3, 0.4) is 0 Å². The van der Waals surface area contributed by atoms with Crippen LogP contribution in [0.2, 0.25) is 0 Å². The van der Waals surface area contributed by atoms with Gasteiger partial charge in [0, 0.05) is 19.1 Å². The minimum absolute atomic E-state index is 0. The largest absolute Gasteiger partial charge is 0.327 e. The Labute approximate surface area is 122 Å². The summed E-state index contributed by atoms with van der Waals surface area (Å²) < 4.78 is 26.3. The molecule has 19 heavy (non-hydrogen) atoms. The second kappa shape index (κ2) is 5.88. The fourth-order valence-electron chi connectivity index (χ4n) is 3.55. The van der Waals surface area contributed by atoms with Gasteiger partial charge in [0.05, 0.1) is 5.75 Å². The third-order valence-electron chi connectivity index (χ3n) is 4.99. The number of nitrogens with zero attached hydrogens (tertiary/aromatic N) is 1. The molecule has 0 aromatic carbocycles. The topological polar surface area (TPSA) is 63.4 Å². The first-order valence-corrected chi connectivity index (χ1v) is 8.90. The van der Waals surface area contributed by atoms with Crippen LogP contribution in [0.25, 0.3) is 0 Å². The molecule has 3 unspecified atom stereocenters. The van der Waals surface area contributed by atoms with Gasteiger partial charge in [0.1, 0.15) is 0 Å². The van der Waals surface area contributed by atoms with Gasteiger partial charge < -0.3 is 5.73 Å². The third-order valence-corrected chi connectivity index (χ3v) is 6.83. The van der Waals surface area contributed by atoms with Gasteiger partial charge in [0.15, 0.2) is 0 Å². The number of fused-ring (bicyclic) bond motifs is 1. The highest BCUT2D eigenvalue weighted by Gasteiger charge is 2.42. The molecule has 2 N–H and O–H groups in total. The minimum atomic E-state index is -3.02. The van der Waals surface area contributed by atoms with Crippen LogP contribution in [-0.4, -0.2) is 37.6 Å². The molecular formula is C13H25ClN2O2S. The van der Waals surface area contributed by atoms with Crippen LogP contribution in [0, 0.1) is 17.8 Å². The molecule has 3 fully saturated rings.